The van der Waals surface area contributed by atoms with E-state index in [0.717, 1.165) is 37.8 Å². The van der Waals surface area contributed by atoms with E-state index in [1.165, 1.54) is 11.8 Å². The maximum atomic E-state index is 11.9. The van der Waals surface area contributed by atoms with E-state index in [1.54, 1.807) is 19.1 Å². The molecule has 1 aromatic rings. The summed E-state index contributed by atoms with van der Waals surface area (Å²) in [4.78, 5) is 27.2. The normalized spacial score (nSPS) is 16.0. The minimum atomic E-state index is -0.183. The summed E-state index contributed by atoms with van der Waals surface area (Å²) >= 11 is 1.47. The fourth-order valence-electron chi connectivity index (χ4n) is 2.25. The summed E-state index contributed by atoms with van der Waals surface area (Å²) in [5, 5.41) is 3.59. The van der Waals surface area contributed by atoms with Crippen LogP contribution in [-0.4, -0.2) is 67.1 Å². The van der Waals surface area contributed by atoms with Crippen molar-refractivity contribution < 1.29 is 14.0 Å². The smallest absolute Gasteiger partial charge is 0.287 e. The average Bonchev–Trinajstić information content (AvgIpc) is 2.96. The Morgan fingerprint density at radius 2 is 2.00 bits per heavy atom. The van der Waals surface area contributed by atoms with Gasteiger partial charge in [-0.15, -0.1) is 0 Å². The molecular weight excluding hydrogens is 290 g/mol. The molecule has 6 nitrogen and oxygen atoms in total. The molecule has 7 heteroatoms. The van der Waals surface area contributed by atoms with Gasteiger partial charge in [0.15, 0.2) is 10.9 Å². The van der Waals surface area contributed by atoms with E-state index in [9.17, 15) is 9.59 Å². The summed E-state index contributed by atoms with van der Waals surface area (Å²) in [6, 6.07) is 3.48. The first-order valence-electron chi connectivity index (χ1n) is 7.00. The second kappa shape index (κ2) is 7.51. The standard InChI is InChI=1S/C14H21N3O3S/c1-11(18)17-9-7-16(8-10-17)6-5-15-14(19)12-3-4-13(20-12)21-2/h3-4H,5-10H2,1-2H3,(H,15,19). The van der Waals surface area contributed by atoms with Gasteiger partial charge in [-0.2, -0.15) is 0 Å². The quantitative estimate of drug-likeness (QED) is 0.818. The van der Waals surface area contributed by atoms with Gasteiger partial charge < -0.3 is 14.6 Å². The lowest BCUT2D eigenvalue weighted by atomic mass is 10.3. The Morgan fingerprint density at radius 1 is 1.29 bits per heavy atom. The van der Waals surface area contributed by atoms with Crippen LogP contribution in [0.5, 0.6) is 0 Å². The molecule has 1 N–H and O–H groups in total. The van der Waals surface area contributed by atoms with Crippen LogP contribution < -0.4 is 5.32 Å². The monoisotopic (exact) mass is 311 g/mol. The zero-order chi connectivity index (χ0) is 15.2. The van der Waals surface area contributed by atoms with Crippen molar-refractivity contribution in [3.05, 3.63) is 17.9 Å². The Morgan fingerprint density at radius 3 is 2.57 bits per heavy atom. The highest BCUT2D eigenvalue weighted by Crippen LogP contribution is 2.17. The number of rotatable bonds is 5. The maximum Gasteiger partial charge on any atom is 0.287 e. The highest BCUT2D eigenvalue weighted by Gasteiger charge is 2.18. The summed E-state index contributed by atoms with van der Waals surface area (Å²) in [6.45, 7) is 6.20. The minimum absolute atomic E-state index is 0.130. The molecule has 21 heavy (non-hydrogen) atoms. The molecule has 116 valence electrons. The molecule has 2 amide bonds. The molecule has 0 aromatic carbocycles. The summed E-state index contributed by atoms with van der Waals surface area (Å²) in [6.07, 6.45) is 1.90. The molecule has 0 radical (unpaired) electrons. The van der Waals surface area contributed by atoms with Gasteiger partial charge in [-0.05, 0) is 18.4 Å². The van der Waals surface area contributed by atoms with Crippen molar-refractivity contribution in [1.82, 2.24) is 15.1 Å². The lowest BCUT2D eigenvalue weighted by molar-refractivity contribution is -0.130. The van der Waals surface area contributed by atoms with Crippen LogP contribution in [0.1, 0.15) is 17.5 Å². The number of nitrogens with one attached hydrogen (secondary N) is 1. The second-order valence-electron chi connectivity index (χ2n) is 4.93. The number of nitrogens with zero attached hydrogens (tertiary/aromatic N) is 2. The number of carbonyl (C=O) groups is 2. The van der Waals surface area contributed by atoms with Gasteiger partial charge in [-0.25, -0.2) is 0 Å². The Labute approximate surface area is 128 Å². The Hall–Kier alpha value is -1.47. The number of hydrogen-bond acceptors (Lipinski definition) is 5. The van der Waals surface area contributed by atoms with Crippen LogP contribution in [0.15, 0.2) is 21.6 Å². The molecule has 0 spiro atoms. The van der Waals surface area contributed by atoms with Gasteiger partial charge in [0.2, 0.25) is 5.91 Å². The van der Waals surface area contributed by atoms with Crippen LogP contribution in [0.2, 0.25) is 0 Å². The molecule has 0 bridgehead atoms. The first-order chi connectivity index (χ1) is 10.1. The lowest BCUT2D eigenvalue weighted by Crippen LogP contribution is -2.49. The Kier molecular flexibility index (Phi) is 5.69. The van der Waals surface area contributed by atoms with Crippen LogP contribution in [0.3, 0.4) is 0 Å². The van der Waals surface area contributed by atoms with Crippen LogP contribution in [0.4, 0.5) is 0 Å². The fraction of sp³-hybridized carbons (Fsp3) is 0.571. The molecule has 2 rings (SSSR count). The number of carbonyl (C=O) groups excluding carboxylic acids is 2. The van der Waals surface area contributed by atoms with Gasteiger partial charge in [-0.1, -0.05) is 11.8 Å². The zero-order valence-electron chi connectivity index (χ0n) is 12.4. The molecule has 1 aliphatic rings. The fourth-order valence-corrected chi connectivity index (χ4v) is 2.63. The van der Waals surface area contributed by atoms with Crippen molar-refractivity contribution in [2.75, 3.05) is 45.5 Å². The summed E-state index contributed by atoms with van der Waals surface area (Å²) in [7, 11) is 0. The number of amides is 2. The van der Waals surface area contributed by atoms with Gasteiger partial charge in [-0.3, -0.25) is 14.5 Å². The van der Waals surface area contributed by atoms with Crippen molar-refractivity contribution in [3.8, 4) is 0 Å². The van der Waals surface area contributed by atoms with Crippen LogP contribution in [0.25, 0.3) is 0 Å². The number of hydrogen-bond donors (Lipinski definition) is 1. The second-order valence-corrected chi connectivity index (χ2v) is 5.74. The third kappa shape index (κ3) is 4.50. The Bertz CT molecular complexity index is 495. The van der Waals surface area contributed by atoms with E-state index < -0.39 is 0 Å². The van der Waals surface area contributed by atoms with E-state index in [2.05, 4.69) is 10.2 Å². The third-order valence-electron chi connectivity index (χ3n) is 3.54. The summed E-state index contributed by atoms with van der Waals surface area (Å²) in [5.74, 6) is 0.295. The Balaban J connectivity index is 1.68. The summed E-state index contributed by atoms with van der Waals surface area (Å²) in [5.41, 5.74) is 0. The van der Waals surface area contributed by atoms with E-state index in [4.69, 9.17) is 4.42 Å². The number of piperazine rings is 1. The molecule has 0 unspecified atom stereocenters. The molecule has 0 atom stereocenters. The number of thioether (sulfide) groups is 1. The summed E-state index contributed by atoms with van der Waals surface area (Å²) < 4.78 is 5.37. The van der Waals surface area contributed by atoms with E-state index >= 15 is 0 Å². The van der Waals surface area contributed by atoms with Gasteiger partial charge in [0.1, 0.15) is 0 Å². The predicted octanol–water partition coefficient (Wildman–Crippen LogP) is 0.895. The topological polar surface area (TPSA) is 65.8 Å². The van der Waals surface area contributed by atoms with Gasteiger partial charge in [0, 0.05) is 46.2 Å². The molecule has 2 heterocycles. The molecular formula is C14H21N3O3S. The maximum absolute atomic E-state index is 11.9. The molecule has 0 aliphatic carbocycles. The number of furan rings is 1. The molecule has 0 saturated carbocycles. The molecule has 1 saturated heterocycles. The van der Waals surface area contributed by atoms with Crippen molar-refractivity contribution >= 4 is 23.6 Å². The van der Waals surface area contributed by atoms with Crippen LogP contribution >= 0.6 is 11.8 Å². The molecule has 1 fully saturated rings. The predicted molar refractivity (Wildman–Crippen MR) is 81.5 cm³/mol. The SMILES string of the molecule is CSc1ccc(C(=O)NCCN2CCN(C(C)=O)CC2)o1. The minimum Gasteiger partial charge on any atom is -0.445 e. The van der Waals surface area contributed by atoms with Gasteiger partial charge >= 0.3 is 0 Å². The van der Waals surface area contributed by atoms with Gasteiger partial charge in [0.25, 0.3) is 5.91 Å². The van der Waals surface area contributed by atoms with Crippen molar-refractivity contribution in [2.45, 2.75) is 12.0 Å². The van der Waals surface area contributed by atoms with E-state index in [-0.39, 0.29) is 11.8 Å². The lowest BCUT2D eigenvalue weighted by Gasteiger charge is -2.34. The van der Waals surface area contributed by atoms with Crippen LogP contribution in [0, 0.1) is 0 Å². The van der Waals surface area contributed by atoms with Gasteiger partial charge in [0.05, 0.1) is 0 Å². The first kappa shape index (κ1) is 15.9. The largest absolute Gasteiger partial charge is 0.445 e. The average molecular weight is 311 g/mol. The third-order valence-corrected chi connectivity index (χ3v) is 4.16. The first-order valence-corrected chi connectivity index (χ1v) is 8.22. The highest BCUT2D eigenvalue weighted by molar-refractivity contribution is 7.98. The van der Waals surface area contributed by atoms with Crippen molar-refractivity contribution in [2.24, 2.45) is 0 Å². The molecule has 1 aliphatic heterocycles. The van der Waals surface area contributed by atoms with E-state index in [1.807, 2.05) is 11.2 Å². The van der Waals surface area contributed by atoms with E-state index in [0.29, 0.717) is 12.3 Å². The van der Waals surface area contributed by atoms with Crippen LogP contribution in [-0.2, 0) is 4.79 Å². The zero-order valence-corrected chi connectivity index (χ0v) is 13.2. The molecule has 1 aromatic heterocycles. The van der Waals surface area contributed by atoms with Crippen molar-refractivity contribution in [1.29, 1.82) is 0 Å². The highest BCUT2D eigenvalue weighted by atomic mass is 32.2. The van der Waals surface area contributed by atoms with Crippen molar-refractivity contribution in [3.63, 3.8) is 0 Å².